The maximum atomic E-state index is 12.2. The standard InChI is InChI=1S/C14H20N2O7/c1-14(2,3)22-13(21)15-7-8(17)6-9(15)12(20)23-16-10(18)4-5-11(16)19/h8-9,17H,4-7H2,1-3H3/t8-,9?/m1/s1. The topological polar surface area (TPSA) is 113 Å². The molecule has 128 valence electrons. The molecular formula is C14H20N2O7. The molecule has 2 aliphatic rings. The summed E-state index contributed by atoms with van der Waals surface area (Å²) in [6.07, 6.45) is -1.77. The number of hydrogen-bond acceptors (Lipinski definition) is 7. The Labute approximate surface area is 133 Å². The van der Waals surface area contributed by atoms with Crippen LogP contribution in [0.3, 0.4) is 0 Å². The molecular weight excluding hydrogens is 308 g/mol. The van der Waals surface area contributed by atoms with Gasteiger partial charge in [-0.05, 0) is 20.8 Å². The van der Waals surface area contributed by atoms with Crippen LogP contribution in [0, 0.1) is 0 Å². The van der Waals surface area contributed by atoms with Crippen molar-refractivity contribution in [3.63, 3.8) is 0 Å². The van der Waals surface area contributed by atoms with Crippen LogP contribution in [-0.4, -0.2) is 63.2 Å². The summed E-state index contributed by atoms with van der Waals surface area (Å²) in [6, 6.07) is -1.11. The van der Waals surface area contributed by atoms with Gasteiger partial charge in [0.2, 0.25) is 0 Å². The number of hydroxylamine groups is 2. The highest BCUT2D eigenvalue weighted by molar-refractivity contribution is 6.01. The molecule has 0 radical (unpaired) electrons. The molecule has 2 saturated heterocycles. The summed E-state index contributed by atoms with van der Waals surface area (Å²) in [5, 5.41) is 10.1. The summed E-state index contributed by atoms with van der Waals surface area (Å²) in [5.41, 5.74) is -0.764. The molecule has 0 aliphatic carbocycles. The van der Waals surface area contributed by atoms with Gasteiger partial charge in [-0.1, -0.05) is 0 Å². The third kappa shape index (κ3) is 3.98. The summed E-state index contributed by atoms with van der Waals surface area (Å²) in [4.78, 5) is 53.1. The summed E-state index contributed by atoms with van der Waals surface area (Å²) >= 11 is 0. The zero-order valence-electron chi connectivity index (χ0n) is 13.3. The van der Waals surface area contributed by atoms with Crippen molar-refractivity contribution in [2.24, 2.45) is 0 Å². The van der Waals surface area contributed by atoms with Crippen molar-refractivity contribution >= 4 is 23.9 Å². The van der Waals surface area contributed by atoms with Crippen molar-refractivity contribution < 1.29 is 33.9 Å². The summed E-state index contributed by atoms with van der Waals surface area (Å²) in [6.45, 7) is 4.93. The van der Waals surface area contributed by atoms with Crippen molar-refractivity contribution in [3.8, 4) is 0 Å². The van der Waals surface area contributed by atoms with E-state index in [1.54, 1.807) is 20.8 Å². The third-order valence-corrected chi connectivity index (χ3v) is 3.37. The van der Waals surface area contributed by atoms with Crippen LogP contribution in [-0.2, 0) is 24.0 Å². The summed E-state index contributed by atoms with van der Waals surface area (Å²) in [5.74, 6) is -2.16. The molecule has 0 aromatic carbocycles. The van der Waals surface area contributed by atoms with Crippen LogP contribution >= 0.6 is 0 Å². The maximum Gasteiger partial charge on any atom is 0.411 e. The Morgan fingerprint density at radius 2 is 1.74 bits per heavy atom. The first kappa shape index (κ1) is 17.2. The van der Waals surface area contributed by atoms with Gasteiger partial charge in [0, 0.05) is 19.3 Å². The lowest BCUT2D eigenvalue weighted by Crippen LogP contribution is -2.46. The van der Waals surface area contributed by atoms with Crippen LogP contribution in [0.5, 0.6) is 0 Å². The molecule has 1 N–H and O–H groups in total. The zero-order chi connectivity index (χ0) is 17.4. The molecule has 0 spiro atoms. The summed E-state index contributed by atoms with van der Waals surface area (Å²) < 4.78 is 5.18. The number of nitrogens with zero attached hydrogens (tertiary/aromatic N) is 2. The van der Waals surface area contributed by atoms with E-state index in [0.717, 1.165) is 4.90 Å². The minimum absolute atomic E-state index is 0.0187. The second-order valence-corrected chi connectivity index (χ2v) is 6.53. The highest BCUT2D eigenvalue weighted by atomic mass is 16.7. The maximum absolute atomic E-state index is 12.2. The fraction of sp³-hybridized carbons (Fsp3) is 0.714. The Morgan fingerprint density at radius 1 is 1.17 bits per heavy atom. The molecule has 2 rings (SSSR count). The number of aliphatic hydroxyl groups excluding tert-OH is 1. The van der Waals surface area contributed by atoms with Gasteiger partial charge in [-0.15, -0.1) is 5.06 Å². The van der Waals surface area contributed by atoms with Crippen molar-refractivity contribution in [2.45, 2.75) is 57.8 Å². The number of hydrogen-bond donors (Lipinski definition) is 1. The van der Waals surface area contributed by atoms with Crippen LogP contribution in [0.4, 0.5) is 4.79 Å². The number of ether oxygens (including phenoxy) is 1. The van der Waals surface area contributed by atoms with E-state index in [9.17, 15) is 24.3 Å². The fourth-order valence-electron chi connectivity index (χ4n) is 2.37. The first-order valence-corrected chi connectivity index (χ1v) is 7.34. The smallest absolute Gasteiger partial charge is 0.411 e. The second-order valence-electron chi connectivity index (χ2n) is 6.53. The Balaban J connectivity index is 2.06. The van der Waals surface area contributed by atoms with E-state index in [2.05, 4.69) is 0 Å². The van der Waals surface area contributed by atoms with E-state index in [4.69, 9.17) is 9.57 Å². The quantitative estimate of drug-likeness (QED) is 0.708. The van der Waals surface area contributed by atoms with E-state index in [1.165, 1.54) is 0 Å². The first-order chi connectivity index (χ1) is 10.6. The lowest BCUT2D eigenvalue weighted by Gasteiger charge is -2.27. The molecule has 0 saturated carbocycles. The number of aliphatic hydroxyl groups is 1. The van der Waals surface area contributed by atoms with E-state index in [-0.39, 0.29) is 25.8 Å². The summed E-state index contributed by atoms with van der Waals surface area (Å²) in [7, 11) is 0. The zero-order valence-corrected chi connectivity index (χ0v) is 13.3. The molecule has 9 nitrogen and oxygen atoms in total. The third-order valence-electron chi connectivity index (χ3n) is 3.37. The number of imide groups is 1. The predicted molar refractivity (Wildman–Crippen MR) is 74.5 cm³/mol. The lowest BCUT2D eigenvalue weighted by atomic mass is 10.2. The van der Waals surface area contributed by atoms with E-state index in [0.29, 0.717) is 5.06 Å². The molecule has 0 bridgehead atoms. The molecule has 23 heavy (non-hydrogen) atoms. The van der Waals surface area contributed by atoms with Crippen LogP contribution < -0.4 is 0 Å². The van der Waals surface area contributed by atoms with Gasteiger partial charge in [-0.25, -0.2) is 9.59 Å². The number of amides is 3. The molecule has 3 amide bonds. The van der Waals surface area contributed by atoms with Gasteiger partial charge < -0.3 is 14.7 Å². The number of carbonyl (C=O) groups is 4. The molecule has 2 atom stereocenters. The minimum atomic E-state index is -1.11. The van der Waals surface area contributed by atoms with Gasteiger partial charge in [0.15, 0.2) is 0 Å². The normalized spacial score (nSPS) is 25.0. The Hall–Kier alpha value is -2.16. The molecule has 2 heterocycles. The first-order valence-electron chi connectivity index (χ1n) is 7.34. The van der Waals surface area contributed by atoms with Gasteiger partial charge in [0.05, 0.1) is 12.6 Å². The van der Waals surface area contributed by atoms with Crippen LogP contribution in [0.2, 0.25) is 0 Å². The van der Waals surface area contributed by atoms with Gasteiger partial charge in [-0.3, -0.25) is 14.5 Å². The van der Waals surface area contributed by atoms with Crippen molar-refractivity contribution in [1.82, 2.24) is 9.96 Å². The average Bonchev–Trinajstić information content (AvgIpc) is 2.94. The SMILES string of the molecule is CC(C)(C)OC(=O)N1C[C@H](O)CC1C(=O)ON1C(=O)CCC1=O. The fourth-order valence-corrected chi connectivity index (χ4v) is 2.37. The minimum Gasteiger partial charge on any atom is -0.444 e. The van der Waals surface area contributed by atoms with Crippen molar-refractivity contribution in [3.05, 3.63) is 0 Å². The van der Waals surface area contributed by atoms with Gasteiger partial charge in [0.1, 0.15) is 11.6 Å². The molecule has 2 fully saturated rings. The molecule has 0 aromatic heterocycles. The van der Waals surface area contributed by atoms with E-state index in [1.807, 2.05) is 0 Å². The number of likely N-dealkylation sites (tertiary alicyclic amines) is 1. The van der Waals surface area contributed by atoms with Gasteiger partial charge >= 0.3 is 12.1 Å². The number of carbonyl (C=O) groups excluding carboxylic acids is 4. The number of rotatable bonds is 2. The van der Waals surface area contributed by atoms with E-state index >= 15 is 0 Å². The molecule has 1 unspecified atom stereocenters. The highest BCUT2D eigenvalue weighted by Crippen LogP contribution is 2.23. The largest absolute Gasteiger partial charge is 0.444 e. The molecule has 2 aliphatic heterocycles. The molecule has 9 heteroatoms. The second kappa shape index (κ2) is 6.15. The van der Waals surface area contributed by atoms with Gasteiger partial charge in [0.25, 0.3) is 11.8 Å². The highest BCUT2D eigenvalue weighted by Gasteiger charge is 2.44. The van der Waals surface area contributed by atoms with Gasteiger partial charge in [-0.2, -0.15) is 0 Å². The predicted octanol–water partition coefficient (Wildman–Crippen LogP) is -0.0361. The number of β-amino-alcohol motifs (C(OH)–C–C–N with tert-alkyl or cyclic N) is 1. The van der Waals surface area contributed by atoms with Crippen LogP contribution in [0.25, 0.3) is 0 Å². The van der Waals surface area contributed by atoms with Crippen LogP contribution in [0.1, 0.15) is 40.0 Å². The Kier molecular flexibility index (Phi) is 4.60. The van der Waals surface area contributed by atoms with E-state index < -0.39 is 41.6 Å². The Morgan fingerprint density at radius 3 is 2.26 bits per heavy atom. The Bertz CT molecular complexity index is 524. The lowest BCUT2D eigenvalue weighted by molar-refractivity contribution is -0.200. The van der Waals surface area contributed by atoms with Crippen molar-refractivity contribution in [1.29, 1.82) is 0 Å². The van der Waals surface area contributed by atoms with Crippen LogP contribution in [0.15, 0.2) is 0 Å². The molecule has 0 aromatic rings. The monoisotopic (exact) mass is 328 g/mol. The average molecular weight is 328 g/mol. The van der Waals surface area contributed by atoms with Crippen molar-refractivity contribution in [2.75, 3.05) is 6.54 Å².